The maximum atomic E-state index is 2.42. The molecule has 0 fully saturated rings. The molecule has 0 saturated heterocycles. The predicted molar refractivity (Wildman–Crippen MR) is 216 cm³/mol. The summed E-state index contributed by atoms with van der Waals surface area (Å²) in [6.07, 6.45) is 0. The van der Waals surface area contributed by atoms with Gasteiger partial charge in [0.05, 0.1) is 0 Å². The Morgan fingerprint density at radius 3 is 1.16 bits per heavy atom. The van der Waals surface area contributed by atoms with E-state index in [1.165, 1.54) is 83.7 Å². The van der Waals surface area contributed by atoms with Gasteiger partial charge in [0.2, 0.25) is 0 Å². The van der Waals surface area contributed by atoms with Crippen LogP contribution in [-0.2, 0) is 0 Å². The Morgan fingerprint density at radius 1 is 0.314 bits per heavy atom. The SMILES string of the molecule is CN(c1ccccc1)c1ccc(C2c3ccc(-c4cccc(-c5ccccc5)c4)cc3-c3cc(-c4cccc(-c5ccccc5)c4)ccc32)cc1. The van der Waals surface area contributed by atoms with Crippen LogP contribution in [0.15, 0.2) is 200 Å². The molecule has 0 saturated carbocycles. The highest BCUT2D eigenvalue weighted by molar-refractivity contribution is 5.88. The molecule has 0 radical (unpaired) electrons. The molecular weight excluding hydrogens is 615 g/mol. The van der Waals surface area contributed by atoms with Crippen LogP contribution in [0.3, 0.4) is 0 Å². The van der Waals surface area contributed by atoms with Crippen LogP contribution in [0.5, 0.6) is 0 Å². The summed E-state index contributed by atoms with van der Waals surface area (Å²) in [6, 6.07) is 73.0. The third-order valence-electron chi connectivity index (χ3n) is 10.4. The number of benzene rings is 8. The lowest BCUT2D eigenvalue weighted by Crippen LogP contribution is -2.09. The second-order valence-electron chi connectivity index (χ2n) is 13.4. The van der Waals surface area contributed by atoms with Gasteiger partial charge in [-0.3, -0.25) is 0 Å². The number of para-hydroxylation sites is 1. The monoisotopic (exact) mass is 651 g/mol. The van der Waals surface area contributed by atoms with Gasteiger partial charge in [0.15, 0.2) is 0 Å². The van der Waals surface area contributed by atoms with Gasteiger partial charge in [0.25, 0.3) is 0 Å². The van der Waals surface area contributed by atoms with Crippen LogP contribution in [0.2, 0.25) is 0 Å². The number of fused-ring (bicyclic) bond motifs is 3. The molecule has 0 heterocycles. The molecule has 1 aliphatic rings. The van der Waals surface area contributed by atoms with Crippen LogP contribution < -0.4 is 4.90 Å². The summed E-state index contributed by atoms with van der Waals surface area (Å²) in [5.41, 5.74) is 18.8. The van der Waals surface area contributed by atoms with Crippen LogP contribution in [0.1, 0.15) is 22.6 Å². The van der Waals surface area contributed by atoms with Gasteiger partial charge in [-0.25, -0.2) is 0 Å². The molecule has 1 nitrogen and oxygen atoms in total. The first-order chi connectivity index (χ1) is 25.2. The molecule has 8 aromatic rings. The Labute approximate surface area is 300 Å². The molecule has 9 rings (SSSR count). The number of anilines is 2. The van der Waals surface area contributed by atoms with E-state index in [1.807, 2.05) is 0 Å². The van der Waals surface area contributed by atoms with Gasteiger partial charge in [-0.1, -0.05) is 152 Å². The average molecular weight is 652 g/mol. The van der Waals surface area contributed by atoms with E-state index in [2.05, 4.69) is 212 Å². The Balaban J connectivity index is 1.14. The van der Waals surface area contributed by atoms with Crippen molar-refractivity contribution in [1.82, 2.24) is 0 Å². The van der Waals surface area contributed by atoms with E-state index in [9.17, 15) is 0 Å². The van der Waals surface area contributed by atoms with Crippen LogP contribution in [0.4, 0.5) is 11.4 Å². The first-order valence-corrected chi connectivity index (χ1v) is 17.7. The standard InChI is InChI=1S/C50H37N/c1-51(44-21-9-4-10-22-44)45-27-23-37(24-28-45)50-46-29-25-42(40-19-11-17-38(31-40)35-13-5-2-6-14-35)33-48(46)49-34-43(26-30-47(49)50)41-20-12-18-39(32-41)36-15-7-3-8-16-36/h2-34,50H,1H3. The Bertz CT molecular complexity index is 2330. The van der Waals surface area contributed by atoms with Crippen molar-refractivity contribution in [2.24, 2.45) is 0 Å². The minimum absolute atomic E-state index is 0.153. The summed E-state index contributed by atoms with van der Waals surface area (Å²) in [7, 11) is 2.13. The fourth-order valence-corrected chi connectivity index (χ4v) is 7.68. The van der Waals surface area contributed by atoms with Gasteiger partial charge in [-0.15, -0.1) is 0 Å². The highest BCUT2D eigenvalue weighted by atomic mass is 15.1. The minimum Gasteiger partial charge on any atom is -0.345 e. The largest absolute Gasteiger partial charge is 0.345 e. The zero-order valence-electron chi connectivity index (χ0n) is 28.6. The van der Waals surface area contributed by atoms with Gasteiger partial charge in [0, 0.05) is 24.3 Å². The van der Waals surface area contributed by atoms with Crippen molar-refractivity contribution in [2.75, 3.05) is 11.9 Å². The van der Waals surface area contributed by atoms with Gasteiger partial charge in [-0.2, -0.15) is 0 Å². The molecule has 0 aliphatic heterocycles. The van der Waals surface area contributed by atoms with Crippen molar-refractivity contribution in [3.8, 4) is 55.6 Å². The fourth-order valence-electron chi connectivity index (χ4n) is 7.68. The summed E-state index contributed by atoms with van der Waals surface area (Å²) in [5, 5.41) is 0. The average Bonchev–Trinajstić information content (AvgIpc) is 3.54. The zero-order chi connectivity index (χ0) is 34.1. The van der Waals surface area contributed by atoms with Crippen molar-refractivity contribution < 1.29 is 0 Å². The normalized spacial score (nSPS) is 11.9. The maximum absolute atomic E-state index is 2.42. The molecule has 0 amide bonds. The van der Waals surface area contributed by atoms with Crippen molar-refractivity contribution in [3.05, 3.63) is 217 Å². The fraction of sp³-hybridized carbons (Fsp3) is 0.0400. The van der Waals surface area contributed by atoms with E-state index >= 15 is 0 Å². The number of hydrogen-bond acceptors (Lipinski definition) is 1. The summed E-state index contributed by atoms with van der Waals surface area (Å²) in [5.74, 6) is 0.153. The smallest absolute Gasteiger partial charge is 0.0408 e. The van der Waals surface area contributed by atoms with Gasteiger partial charge >= 0.3 is 0 Å². The molecule has 0 spiro atoms. The van der Waals surface area contributed by atoms with Crippen molar-refractivity contribution in [3.63, 3.8) is 0 Å². The molecule has 0 bridgehead atoms. The van der Waals surface area contributed by atoms with E-state index in [1.54, 1.807) is 0 Å². The highest BCUT2D eigenvalue weighted by Gasteiger charge is 2.31. The van der Waals surface area contributed by atoms with E-state index < -0.39 is 0 Å². The number of rotatable bonds is 7. The molecule has 1 heteroatoms. The number of nitrogens with zero attached hydrogens (tertiary/aromatic N) is 1. The van der Waals surface area contributed by atoms with Gasteiger partial charge in [-0.05, 0) is 121 Å². The van der Waals surface area contributed by atoms with E-state index in [4.69, 9.17) is 0 Å². The molecule has 1 aliphatic carbocycles. The summed E-state index contributed by atoms with van der Waals surface area (Å²) in [6.45, 7) is 0. The third kappa shape index (κ3) is 5.83. The van der Waals surface area contributed by atoms with Crippen LogP contribution in [0.25, 0.3) is 55.6 Å². The zero-order valence-corrected chi connectivity index (χ0v) is 28.6. The van der Waals surface area contributed by atoms with Crippen LogP contribution >= 0.6 is 0 Å². The lowest BCUT2D eigenvalue weighted by atomic mass is 9.88. The minimum atomic E-state index is 0.153. The lowest BCUT2D eigenvalue weighted by molar-refractivity contribution is 1.01. The van der Waals surface area contributed by atoms with Crippen molar-refractivity contribution in [2.45, 2.75) is 5.92 Å². The first-order valence-electron chi connectivity index (χ1n) is 17.7. The third-order valence-corrected chi connectivity index (χ3v) is 10.4. The Hall–Kier alpha value is -6.44. The second kappa shape index (κ2) is 13.1. The van der Waals surface area contributed by atoms with Gasteiger partial charge in [0.1, 0.15) is 0 Å². The topological polar surface area (TPSA) is 3.24 Å². The maximum Gasteiger partial charge on any atom is 0.0408 e. The molecule has 0 unspecified atom stereocenters. The van der Waals surface area contributed by atoms with Crippen molar-refractivity contribution >= 4 is 11.4 Å². The molecule has 0 N–H and O–H groups in total. The van der Waals surface area contributed by atoms with Gasteiger partial charge < -0.3 is 4.90 Å². The Kier molecular flexibility index (Phi) is 7.87. The lowest BCUT2D eigenvalue weighted by Gasteiger charge is -2.21. The molecular formula is C50H37N. The van der Waals surface area contributed by atoms with Crippen molar-refractivity contribution in [1.29, 1.82) is 0 Å². The highest BCUT2D eigenvalue weighted by Crippen LogP contribution is 2.50. The van der Waals surface area contributed by atoms with E-state index in [-0.39, 0.29) is 5.92 Å². The van der Waals surface area contributed by atoms with E-state index in [0.717, 1.165) is 0 Å². The second-order valence-corrected chi connectivity index (χ2v) is 13.4. The molecule has 242 valence electrons. The molecule has 8 aromatic carbocycles. The Morgan fingerprint density at radius 2 is 0.686 bits per heavy atom. The van der Waals surface area contributed by atoms with E-state index in [0.29, 0.717) is 0 Å². The predicted octanol–water partition coefficient (Wildman–Crippen LogP) is 13.3. The van der Waals surface area contributed by atoms with Crippen LogP contribution in [-0.4, -0.2) is 7.05 Å². The first kappa shape index (κ1) is 30.6. The molecule has 0 aromatic heterocycles. The summed E-state index contributed by atoms with van der Waals surface area (Å²) >= 11 is 0. The van der Waals surface area contributed by atoms with Crippen LogP contribution in [0, 0.1) is 0 Å². The molecule has 51 heavy (non-hydrogen) atoms. The number of hydrogen-bond donors (Lipinski definition) is 0. The summed E-state index contributed by atoms with van der Waals surface area (Å²) in [4.78, 5) is 2.24. The summed E-state index contributed by atoms with van der Waals surface area (Å²) < 4.78 is 0. The quantitative estimate of drug-likeness (QED) is 0.166. The molecule has 0 atom stereocenters.